The van der Waals surface area contributed by atoms with Gasteiger partial charge in [-0.05, 0) is 51.1 Å². The molecule has 0 aliphatic carbocycles. The van der Waals surface area contributed by atoms with Crippen molar-refractivity contribution in [1.29, 1.82) is 0 Å². The summed E-state index contributed by atoms with van der Waals surface area (Å²) in [7, 11) is -1.34. The van der Waals surface area contributed by atoms with E-state index in [1.807, 2.05) is 36.4 Å². The largest absolute Gasteiger partial charge is 0.305 e. The van der Waals surface area contributed by atoms with Crippen molar-refractivity contribution in [2.75, 3.05) is 0 Å². The van der Waals surface area contributed by atoms with Gasteiger partial charge in [0, 0.05) is 31.0 Å². The molecule has 6 rings (SSSR count). The molecule has 0 N–H and O–H groups in total. The Hall–Kier alpha value is -3.02. The summed E-state index contributed by atoms with van der Waals surface area (Å²) in [6.07, 6.45) is 4.48. The van der Waals surface area contributed by atoms with E-state index in [9.17, 15) is 4.39 Å². The Bertz CT molecular complexity index is 1740. The number of rotatable bonds is 5. The van der Waals surface area contributed by atoms with Crippen LogP contribution in [0.2, 0.25) is 19.6 Å². The summed E-state index contributed by atoms with van der Waals surface area (Å²) < 4.78 is 15.4. The predicted octanol–water partition coefficient (Wildman–Crippen LogP) is 9.35. The summed E-state index contributed by atoms with van der Waals surface area (Å²) in [4.78, 5) is 8.86. The Morgan fingerprint density at radius 2 is 1.59 bits per heavy atom. The monoisotopic (exact) mass is 753 g/mol. The van der Waals surface area contributed by atoms with Crippen molar-refractivity contribution in [3.05, 3.63) is 115 Å². The molecule has 6 heteroatoms. The maximum absolute atomic E-state index is 13.0. The molecule has 0 bridgehead atoms. The average molecular weight is 753 g/mol. The summed E-state index contributed by atoms with van der Waals surface area (Å²) >= 11 is 1.72. The van der Waals surface area contributed by atoms with E-state index in [1.54, 1.807) is 17.4 Å². The van der Waals surface area contributed by atoms with Gasteiger partial charge in [-0.15, -0.1) is 59.7 Å². The zero-order valence-electron chi connectivity index (χ0n) is 24.0. The standard InChI is InChI=1S/C18H24NSi.C17H9FNS.Ir/c1-14(2)11-16-12-17(15-9-7-6-8-10-15)19-13-18(16)20(3,4)5;18-11-8-9-15(19-10-11)14-6-3-5-13-12-4-1-2-7-16(12)20-17(13)14;/h6-9,12-14H,11H2,1-5H3;1-5,7-10H;/q2*-1;. The van der Waals surface area contributed by atoms with Crippen LogP contribution >= 0.6 is 11.3 Å². The molecule has 0 fully saturated rings. The van der Waals surface area contributed by atoms with E-state index in [0.29, 0.717) is 5.92 Å². The Balaban J connectivity index is 0.000000184. The van der Waals surface area contributed by atoms with E-state index >= 15 is 0 Å². The maximum Gasteiger partial charge on any atom is 0.139 e. The Kier molecular flexibility index (Phi) is 10.0. The van der Waals surface area contributed by atoms with Crippen LogP contribution in [-0.4, -0.2) is 18.0 Å². The third-order valence-corrected chi connectivity index (χ3v) is 10.0. The SMILES string of the molecule is CC(C)Cc1cc(-c2[c-]cccc2)ncc1[Si](C)(C)C.Fc1ccc(-c2[c-]ccc3c2sc2ccccc23)nc1.[Ir]. The average Bonchev–Trinajstić information content (AvgIpc) is 3.32. The van der Waals surface area contributed by atoms with Crippen molar-refractivity contribution < 1.29 is 24.5 Å². The first kappa shape index (κ1) is 30.9. The van der Waals surface area contributed by atoms with Gasteiger partial charge in [-0.25, -0.2) is 4.39 Å². The fraction of sp³-hybridized carbons (Fsp3) is 0.200. The molecule has 0 amide bonds. The molecule has 3 aromatic carbocycles. The molecule has 2 nitrogen and oxygen atoms in total. The van der Waals surface area contributed by atoms with Crippen molar-refractivity contribution >= 4 is 44.8 Å². The molecule has 41 heavy (non-hydrogen) atoms. The molecule has 0 unspecified atom stereocenters. The summed E-state index contributed by atoms with van der Waals surface area (Å²) in [6, 6.07) is 32.3. The van der Waals surface area contributed by atoms with Gasteiger partial charge >= 0.3 is 0 Å². The van der Waals surface area contributed by atoms with Crippen LogP contribution in [0.3, 0.4) is 0 Å². The molecule has 0 spiro atoms. The predicted molar refractivity (Wildman–Crippen MR) is 171 cm³/mol. The van der Waals surface area contributed by atoms with E-state index in [4.69, 9.17) is 0 Å². The van der Waals surface area contributed by atoms with Crippen LogP contribution in [0.25, 0.3) is 42.7 Å². The second-order valence-electron chi connectivity index (χ2n) is 11.4. The van der Waals surface area contributed by atoms with E-state index < -0.39 is 8.07 Å². The molecule has 3 aromatic heterocycles. The zero-order chi connectivity index (χ0) is 28.3. The number of hydrogen-bond acceptors (Lipinski definition) is 3. The summed E-state index contributed by atoms with van der Waals surface area (Å²) in [6.45, 7) is 11.7. The molecule has 0 atom stereocenters. The molecule has 0 aliphatic rings. The molecular formula is C35H33FIrN2SSi-2. The molecule has 3 heterocycles. The number of halogens is 1. The molecule has 0 aliphatic heterocycles. The molecule has 1 radical (unpaired) electrons. The van der Waals surface area contributed by atoms with E-state index in [2.05, 4.69) is 92.1 Å². The Labute approximate surface area is 261 Å². The van der Waals surface area contributed by atoms with Gasteiger partial charge in [-0.3, -0.25) is 0 Å². The number of pyridine rings is 2. The molecule has 211 valence electrons. The summed E-state index contributed by atoms with van der Waals surface area (Å²) in [5.74, 6) is 0.345. The van der Waals surface area contributed by atoms with Gasteiger partial charge in [0.05, 0.1) is 14.3 Å². The van der Waals surface area contributed by atoms with Crippen LogP contribution in [-0.2, 0) is 26.5 Å². The van der Waals surface area contributed by atoms with E-state index in [0.717, 1.165) is 33.6 Å². The second kappa shape index (κ2) is 13.3. The molecule has 0 saturated carbocycles. The van der Waals surface area contributed by atoms with Gasteiger partial charge in [0.15, 0.2) is 0 Å². The quantitative estimate of drug-likeness (QED) is 0.130. The third-order valence-electron chi connectivity index (χ3n) is 6.73. The van der Waals surface area contributed by atoms with Crippen LogP contribution in [0, 0.1) is 23.9 Å². The molecular weight excluding hydrogens is 720 g/mol. The van der Waals surface area contributed by atoms with Gasteiger partial charge in [0.2, 0.25) is 0 Å². The van der Waals surface area contributed by atoms with Gasteiger partial charge in [0.25, 0.3) is 0 Å². The Morgan fingerprint density at radius 3 is 2.27 bits per heavy atom. The minimum atomic E-state index is -1.34. The summed E-state index contributed by atoms with van der Waals surface area (Å²) in [5, 5.41) is 3.93. The van der Waals surface area contributed by atoms with Crippen LogP contribution in [0.15, 0.2) is 91.3 Å². The topological polar surface area (TPSA) is 25.8 Å². The van der Waals surface area contributed by atoms with Crippen molar-refractivity contribution in [2.24, 2.45) is 5.92 Å². The van der Waals surface area contributed by atoms with Gasteiger partial charge < -0.3 is 9.97 Å². The zero-order valence-corrected chi connectivity index (χ0v) is 28.2. The second-order valence-corrected chi connectivity index (χ2v) is 17.5. The first-order valence-corrected chi connectivity index (χ1v) is 17.9. The van der Waals surface area contributed by atoms with Gasteiger partial charge in [-0.2, -0.15) is 11.3 Å². The van der Waals surface area contributed by atoms with E-state index in [1.165, 1.54) is 38.5 Å². The molecule has 6 aromatic rings. The maximum atomic E-state index is 13.0. The fourth-order valence-corrected chi connectivity index (χ4v) is 7.68. The molecule has 0 saturated heterocycles. The van der Waals surface area contributed by atoms with Crippen LogP contribution < -0.4 is 5.19 Å². The number of fused-ring (bicyclic) bond motifs is 3. The van der Waals surface area contributed by atoms with Crippen LogP contribution in [0.1, 0.15) is 19.4 Å². The number of benzene rings is 3. The van der Waals surface area contributed by atoms with Crippen molar-refractivity contribution in [3.63, 3.8) is 0 Å². The summed E-state index contributed by atoms with van der Waals surface area (Å²) in [5.41, 5.74) is 5.29. The van der Waals surface area contributed by atoms with Crippen molar-refractivity contribution in [2.45, 2.75) is 39.9 Å². The van der Waals surface area contributed by atoms with Crippen molar-refractivity contribution in [3.8, 4) is 22.5 Å². The van der Waals surface area contributed by atoms with Crippen LogP contribution in [0.5, 0.6) is 0 Å². The smallest absolute Gasteiger partial charge is 0.139 e. The normalized spacial score (nSPS) is 11.3. The minimum absolute atomic E-state index is 0. The minimum Gasteiger partial charge on any atom is -0.305 e. The third kappa shape index (κ3) is 7.25. The van der Waals surface area contributed by atoms with Gasteiger partial charge in [-0.1, -0.05) is 74.8 Å². The number of thiophene rings is 1. The van der Waals surface area contributed by atoms with Gasteiger partial charge in [0.1, 0.15) is 5.82 Å². The van der Waals surface area contributed by atoms with Crippen molar-refractivity contribution in [1.82, 2.24) is 9.97 Å². The number of aromatic nitrogens is 2. The Morgan fingerprint density at radius 1 is 0.829 bits per heavy atom. The number of hydrogen-bond donors (Lipinski definition) is 0. The number of nitrogens with zero attached hydrogens (tertiary/aromatic N) is 2. The van der Waals surface area contributed by atoms with Crippen LogP contribution in [0.4, 0.5) is 4.39 Å². The fourth-order valence-electron chi connectivity index (χ4n) is 4.89. The van der Waals surface area contributed by atoms with E-state index in [-0.39, 0.29) is 25.9 Å². The first-order chi connectivity index (χ1) is 19.2. The first-order valence-electron chi connectivity index (χ1n) is 13.6.